The number of nitrogens with zero attached hydrogens (tertiary/aromatic N) is 2. The molecule has 0 bridgehead atoms. The van der Waals surface area contributed by atoms with Crippen molar-refractivity contribution in [3.05, 3.63) is 71.5 Å². The van der Waals surface area contributed by atoms with Crippen LogP contribution in [-0.2, 0) is 17.8 Å². The molecule has 2 aromatic carbocycles. The maximum atomic E-state index is 13.2. The van der Waals surface area contributed by atoms with Gasteiger partial charge in [-0.1, -0.05) is 49.4 Å². The van der Waals surface area contributed by atoms with E-state index in [1.165, 1.54) is 17.7 Å². The number of benzene rings is 2. The van der Waals surface area contributed by atoms with Gasteiger partial charge in [0.25, 0.3) is 0 Å². The number of likely N-dealkylation sites (tertiary alicyclic amines) is 1. The standard InChI is InChI=1S/C23H29FN2O/c1-2-23(27)26(18-20-8-10-21(24)11-9-20)22-13-16-25(17-14-22)15-12-19-6-4-3-5-7-19/h3-11,22H,2,12-18H2,1H3. The number of rotatable bonds is 7. The zero-order valence-electron chi connectivity index (χ0n) is 16.1. The summed E-state index contributed by atoms with van der Waals surface area (Å²) in [6.07, 6.45) is 3.58. The highest BCUT2D eigenvalue weighted by molar-refractivity contribution is 5.76. The van der Waals surface area contributed by atoms with Crippen LogP contribution in [0.4, 0.5) is 4.39 Å². The molecule has 1 heterocycles. The molecule has 27 heavy (non-hydrogen) atoms. The molecule has 1 amide bonds. The minimum absolute atomic E-state index is 0.182. The summed E-state index contributed by atoms with van der Waals surface area (Å²) >= 11 is 0. The molecule has 1 aliphatic heterocycles. The Morgan fingerprint density at radius 3 is 2.33 bits per heavy atom. The maximum Gasteiger partial charge on any atom is 0.222 e. The first-order valence-corrected chi connectivity index (χ1v) is 9.96. The largest absolute Gasteiger partial charge is 0.335 e. The van der Waals surface area contributed by atoms with Gasteiger partial charge in [0.2, 0.25) is 5.91 Å². The van der Waals surface area contributed by atoms with Crippen LogP contribution in [0, 0.1) is 5.82 Å². The van der Waals surface area contributed by atoms with E-state index in [0.29, 0.717) is 13.0 Å². The van der Waals surface area contributed by atoms with Gasteiger partial charge in [0, 0.05) is 38.6 Å². The Balaban J connectivity index is 1.54. The Bertz CT molecular complexity index is 709. The van der Waals surface area contributed by atoms with Crippen LogP contribution in [0.1, 0.15) is 37.3 Å². The molecule has 0 saturated carbocycles. The summed E-state index contributed by atoms with van der Waals surface area (Å²) in [6, 6.07) is 17.3. The molecular weight excluding hydrogens is 339 g/mol. The monoisotopic (exact) mass is 368 g/mol. The maximum absolute atomic E-state index is 13.2. The Kier molecular flexibility index (Phi) is 6.99. The Labute approximate surface area is 161 Å². The molecule has 2 aromatic rings. The second-order valence-electron chi connectivity index (χ2n) is 7.31. The van der Waals surface area contributed by atoms with Crippen LogP contribution in [0.3, 0.4) is 0 Å². The lowest BCUT2D eigenvalue weighted by molar-refractivity contribution is -0.135. The van der Waals surface area contributed by atoms with Crippen molar-refractivity contribution in [1.29, 1.82) is 0 Å². The smallest absolute Gasteiger partial charge is 0.222 e. The highest BCUT2D eigenvalue weighted by Gasteiger charge is 2.27. The van der Waals surface area contributed by atoms with Crippen molar-refractivity contribution in [2.24, 2.45) is 0 Å². The van der Waals surface area contributed by atoms with Gasteiger partial charge in [0.15, 0.2) is 0 Å². The molecule has 144 valence electrons. The van der Waals surface area contributed by atoms with Gasteiger partial charge < -0.3 is 9.80 Å². The van der Waals surface area contributed by atoms with Crippen molar-refractivity contribution in [1.82, 2.24) is 9.80 Å². The fourth-order valence-corrected chi connectivity index (χ4v) is 3.80. The number of hydrogen-bond acceptors (Lipinski definition) is 2. The van der Waals surface area contributed by atoms with Crippen LogP contribution in [0.25, 0.3) is 0 Å². The lowest BCUT2D eigenvalue weighted by Gasteiger charge is -2.38. The van der Waals surface area contributed by atoms with E-state index in [9.17, 15) is 9.18 Å². The second-order valence-corrected chi connectivity index (χ2v) is 7.31. The molecule has 1 fully saturated rings. The molecule has 4 heteroatoms. The van der Waals surface area contributed by atoms with E-state index in [4.69, 9.17) is 0 Å². The van der Waals surface area contributed by atoms with E-state index in [1.54, 1.807) is 12.1 Å². The number of hydrogen-bond donors (Lipinski definition) is 0. The third kappa shape index (κ3) is 5.64. The molecule has 1 saturated heterocycles. The van der Waals surface area contributed by atoms with E-state index in [1.807, 2.05) is 11.8 Å². The molecule has 0 aliphatic carbocycles. The molecule has 0 spiro atoms. The topological polar surface area (TPSA) is 23.6 Å². The van der Waals surface area contributed by atoms with Crippen molar-refractivity contribution in [3.63, 3.8) is 0 Å². The van der Waals surface area contributed by atoms with Gasteiger partial charge in [-0.05, 0) is 42.5 Å². The van der Waals surface area contributed by atoms with E-state index >= 15 is 0 Å². The summed E-state index contributed by atoms with van der Waals surface area (Å²) in [4.78, 5) is 17.0. The number of amides is 1. The normalized spacial score (nSPS) is 15.6. The van der Waals surface area contributed by atoms with Crippen LogP contribution < -0.4 is 0 Å². The third-order valence-electron chi connectivity index (χ3n) is 5.45. The van der Waals surface area contributed by atoms with Gasteiger partial charge >= 0.3 is 0 Å². The molecule has 1 aliphatic rings. The highest BCUT2D eigenvalue weighted by Crippen LogP contribution is 2.20. The predicted octanol–water partition coefficient (Wildman–Crippen LogP) is 4.27. The average molecular weight is 368 g/mol. The molecular formula is C23H29FN2O. The summed E-state index contributed by atoms with van der Waals surface area (Å²) in [7, 11) is 0. The summed E-state index contributed by atoms with van der Waals surface area (Å²) < 4.78 is 13.2. The average Bonchev–Trinajstić information content (AvgIpc) is 2.72. The molecule has 0 unspecified atom stereocenters. The summed E-state index contributed by atoms with van der Waals surface area (Å²) in [5.74, 6) is -0.0547. The van der Waals surface area contributed by atoms with E-state index in [0.717, 1.165) is 44.5 Å². The first kappa shape index (κ1) is 19.6. The SMILES string of the molecule is CCC(=O)N(Cc1ccc(F)cc1)C1CCN(CCc2ccccc2)CC1. The minimum atomic E-state index is -0.237. The van der Waals surface area contributed by atoms with E-state index in [2.05, 4.69) is 35.2 Å². The first-order chi connectivity index (χ1) is 13.2. The van der Waals surface area contributed by atoms with Crippen molar-refractivity contribution in [3.8, 4) is 0 Å². The van der Waals surface area contributed by atoms with Crippen LogP contribution in [-0.4, -0.2) is 41.4 Å². The molecule has 0 aromatic heterocycles. The lowest BCUT2D eigenvalue weighted by Crippen LogP contribution is -2.47. The quantitative estimate of drug-likeness (QED) is 0.729. The van der Waals surface area contributed by atoms with Crippen molar-refractivity contribution >= 4 is 5.91 Å². The van der Waals surface area contributed by atoms with Crippen LogP contribution in [0.15, 0.2) is 54.6 Å². The van der Waals surface area contributed by atoms with Crippen molar-refractivity contribution < 1.29 is 9.18 Å². The van der Waals surface area contributed by atoms with Gasteiger partial charge in [-0.3, -0.25) is 4.79 Å². The van der Waals surface area contributed by atoms with Gasteiger partial charge in [0.1, 0.15) is 5.82 Å². The number of piperidine rings is 1. The number of halogens is 1. The molecule has 0 N–H and O–H groups in total. The molecule has 0 atom stereocenters. The predicted molar refractivity (Wildman–Crippen MR) is 107 cm³/mol. The van der Waals surface area contributed by atoms with Gasteiger partial charge in [0.05, 0.1) is 0 Å². The molecule has 3 rings (SSSR count). The third-order valence-corrected chi connectivity index (χ3v) is 5.45. The Hall–Kier alpha value is -2.20. The Morgan fingerprint density at radius 1 is 1.04 bits per heavy atom. The zero-order chi connectivity index (χ0) is 19.1. The van der Waals surface area contributed by atoms with Crippen LogP contribution in [0.5, 0.6) is 0 Å². The minimum Gasteiger partial charge on any atom is -0.335 e. The van der Waals surface area contributed by atoms with Crippen molar-refractivity contribution in [2.75, 3.05) is 19.6 Å². The molecule has 0 radical (unpaired) electrons. The fraction of sp³-hybridized carbons (Fsp3) is 0.435. The van der Waals surface area contributed by atoms with E-state index in [-0.39, 0.29) is 17.8 Å². The van der Waals surface area contributed by atoms with Crippen molar-refractivity contribution in [2.45, 2.75) is 45.2 Å². The summed E-state index contributed by atoms with van der Waals surface area (Å²) in [5.41, 5.74) is 2.36. The number of carbonyl (C=O) groups excluding carboxylic acids is 1. The number of carbonyl (C=O) groups is 1. The summed E-state index contributed by atoms with van der Waals surface area (Å²) in [5, 5.41) is 0. The van der Waals surface area contributed by atoms with Crippen LogP contribution >= 0.6 is 0 Å². The van der Waals surface area contributed by atoms with E-state index < -0.39 is 0 Å². The lowest BCUT2D eigenvalue weighted by atomic mass is 10.0. The Morgan fingerprint density at radius 2 is 1.70 bits per heavy atom. The highest BCUT2D eigenvalue weighted by atomic mass is 19.1. The van der Waals surface area contributed by atoms with Gasteiger partial charge in [-0.25, -0.2) is 4.39 Å². The van der Waals surface area contributed by atoms with Crippen LogP contribution in [0.2, 0.25) is 0 Å². The summed E-state index contributed by atoms with van der Waals surface area (Å²) in [6.45, 7) is 5.59. The first-order valence-electron chi connectivity index (χ1n) is 9.96. The fourth-order valence-electron chi connectivity index (χ4n) is 3.80. The molecule has 3 nitrogen and oxygen atoms in total. The van der Waals surface area contributed by atoms with Gasteiger partial charge in [-0.2, -0.15) is 0 Å². The zero-order valence-corrected chi connectivity index (χ0v) is 16.1. The van der Waals surface area contributed by atoms with Gasteiger partial charge in [-0.15, -0.1) is 0 Å². The second kappa shape index (κ2) is 9.65.